The maximum atomic E-state index is 12.1. The van der Waals surface area contributed by atoms with Crippen LogP contribution in [0.2, 0.25) is 0 Å². The number of benzene rings is 1. The third-order valence-electron chi connectivity index (χ3n) is 3.95. The zero-order valence-electron chi connectivity index (χ0n) is 14.4. The van der Waals surface area contributed by atoms with Gasteiger partial charge in [0.05, 0.1) is 13.2 Å². The van der Waals surface area contributed by atoms with Gasteiger partial charge in [0, 0.05) is 32.6 Å². The minimum absolute atomic E-state index is 0.110. The molecule has 6 nitrogen and oxygen atoms in total. The highest BCUT2D eigenvalue weighted by molar-refractivity contribution is 6.15. The van der Waals surface area contributed by atoms with E-state index in [1.54, 1.807) is 6.08 Å². The first-order valence-corrected chi connectivity index (χ1v) is 8.23. The van der Waals surface area contributed by atoms with Crippen LogP contribution >= 0.6 is 0 Å². The fourth-order valence-corrected chi connectivity index (χ4v) is 2.76. The molecule has 2 aliphatic rings. The van der Waals surface area contributed by atoms with Crippen LogP contribution in [0.4, 0.5) is 0 Å². The first-order chi connectivity index (χ1) is 12.0. The Labute approximate surface area is 146 Å². The monoisotopic (exact) mass is 343 g/mol. The van der Waals surface area contributed by atoms with E-state index in [4.69, 9.17) is 14.2 Å². The van der Waals surface area contributed by atoms with E-state index in [1.165, 1.54) is 19.9 Å². The molecule has 0 atom stereocenters. The highest BCUT2D eigenvalue weighted by atomic mass is 16.7. The molecule has 0 spiro atoms. The first-order valence-electron chi connectivity index (χ1n) is 8.23. The summed E-state index contributed by atoms with van der Waals surface area (Å²) in [5, 5.41) is 0. The molecule has 0 amide bonds. The van der Waals surface area contributed by atoms with E-state index in [2.05, 4.69) is 4.90 Å². The van der Waals surface area contributed by atoms with Crippen LogP contribution in [0.1, 0.15) is 19.4 Å². The number of rotatable bonds is 3. The summed E-state index contributed by atoms with van der Waals surface area (Å²) in [6.07, 6.45) is 3.23. The number of ether oxygens (including phenoxy) is 3. The second-order valence-electron chi connectivity index (χ2n) is 6.28. The Kier molecular flexibility index (Phi) is 4.90. The van der Waals surface area contributed by atoms with Crippen molar-refractivity contribution < 1.29 is 23.8 Å². The lowest BCUT2D eigenvalue weighted by Crippen LogP contribution is -2.41. The molecule has 1 aromatic carbocycles. The molecule has 25 heavy (non-hydrogen) atoms. The molecule has 0 radical (unpaired) electrons. The van der Waals surface area contributed by atoms with Crippen molar-refractivity contribution in [1.29, 1.82) is 0 Å². The SMILES string of the molecule is CC1(C)OC(=O)C(=CC=C(c2ccccc2)N2CCOCC2)C(=O)O1. The summed E-state index contributed by atoms with van der Waals surface area (Å²) in [5.74, 6) is -2.58. The average Bonchev–Trinajstić information content (AvgIpc) is 2.58. The minimum atomic E-state index is -1.23. The van der Waals surface area contributed by atoms with Crippen LogP contribution in [0, 0.1) is 0 Å². The predicted octanol–water partition coefficient (Wildman–Crippen LogP) is 2.12. The maximum Gasteiger partial charge on any atom is 0.348 e. The lowest BCUT2D eigenvalue weighted by molar-refractivity contribution is -0.222. The van der Waals surface area contributed by atoms with Crippen molar-refractivity contribution in [2.45, 2.75) is 19.6 Å². The van der Waals surface area contributed by atoms with Crippen LogP contribution in [0.15, 0.2) is 48.1 Å². The van der Waals surface area contributed by atoms with Crippen LogP contribution < -0.4 is 0 Å². The molecule has 0 aromatic heterocycles. The number of hydrogen-bond donors (Lipinski definition) is 0. The van der Waals surface area contributed by atoms with E-state index in [1.807, 2.05) is 30.3 Å². The summed E-state index contributed by atoms with van der Waals surface area (Å²) in [5.41, 5.74) is 1.81. The van der Waals surface area contributed by atoms with E-state index in [0.717, 1.165) is 24.4 Å². The third kappa shape index (κ3) is 4.09. The molecule has 0 unspecified atom stereocenters. The zero-order chi connectivity index (χ0) is 17.9. The quantitative estimate of drug-likeness (QED) is 0.476. The number of carbonyl (C=O) groups is 2. The summed E-state index contributed by atoms with van der Waals surface area (Å²) in [7, 11) is 0. The number of cyclic esters (lactones) is 2. The molecule has 2 fully saturated rings. The van der Waals surface area contributed by atoms with E-state index in [-0.39, 0.29) is 5.57 Å². The predicted molar refractivity (Wildman–Crippen MR) is 91.2 cm³/mol. The van der Waals surface area contributed by atoms with E-state index >= 15 is 0 Å². The number of nitrogens with zero attached hydrogens (tertiary/aromatic N) is 1. The van der Waals surface area contributed by atoms with Gasteiger partial charge in [-0.3, -0.25) is 0 Å². The van der Waals surface area contributed by atoms with Gasteiger partial charge in [0.25, 0.3) is 5.79 Å². The van der Waals surface area contributed by atoms with Crippen molar-refractivity contribution in [3.8, 4) is 0 Å². The second kappa shape index (κ2) is 7.11. The molecule has 3 rings (SSSR count). The Morgan fingerprint density at radius 2 is 1.64 bits per heavy atom. The second-order valence-corrected chi connectivity index (χ2v) is 6.28. The number of hydrogen-bond acceptors (Lipinski definition) is 6. The fraction of sp³-hybridized carbons (Fsp3) is 0.368. The van der Waals surface area contributed by atoms with Crippen molar-refractivity contribution in [3.05, 3.63) is 53.6 Å². The molecular formula is C19H21NO5. The molecule has 6 heteroatoms. The molecule has 0 bridgehead atoms. The van der Waals surface area contributed by atoms with Crippen LogP contribution in [0.5, 0.6) is 0 Å². The minimum Gasteiger partial charge on any atom is -0.419 e. The Balaban J connectivity index is 1.93. The Morgan fingerprint density at radius 3 is 2.24 bits per heavy atom. The molecular weight excluding hydrogens is 322 g/mol. The number of esters is 2. The van der Waals surface area contributed by atoms with Crippen molar-refractivity contribution in [1.82, 2.24) is 4.90 Å². The van der Waals surface area contributed by atoms with E-state index in [0.29, 0.717) is 13.2 Å². The van der Waals surface area contributed by atoms with Crippen molar-refractivity contribution in [2.75, 3.05) is 26.3 Å². The van der Waals surface area contributed by atoms with Crippen molar-refractivity contribution >= 4 is 17.6 Å². The molecule has 0 saturated carbocycles. The van der Waals surface area contributed by atoms with Crippen LogP contribution in [-0.4, -0.2) is 48.9 Å². The summed E-state index contributed by atoms with van der Waals surface area (Å²) in [6, 6.07) is 9.81. The Morgan fingerprint density at radius 1 is 1.04 bits per heavy atom. The van der Waals surface area contributed by atoms with Gasteiger partial charge in [-0.05, 0) is 17.7 Å². The summed E-state index contributed by atoms with van der Waals surface area (Å²) in [6.45, 7) is 5.81. The van der Waals surface area contributed by atoms with E-state index in [9.17, 15) is 9.59 Å². The van der Waals surface area contributed by atoms with Gasteiger partial charge >= 0.3 is 11.9 Å². The van der Waals surface area contributed by atoms with Crippen LogP contribution in [0.25, 0.3) is 5.70 Å². The van der Waals surface area contributed by atoms with Gasteiger partial charge in [-0.2, -0.15) is 0 Å². The first kappa shape index (κ1) is 17.2. The molecule has 132 valence electrons. The Bertz CT molecular complexity index is 693. The largest absolute Gasteiger partial charge is 0.419 e. The van der Waals surface area contributed by atoms with Crippen molar-refractivity contribution in [2.24, 2.45) is 0 Å². The van der Waals surface area contributed by atoms with Gasteiger partial charge in [0.2, 0.25) is 0 Å². The number of allylic oxidation sites excluding steroid dienone is 2. The van der Waals surface area contributed by atoms with E-state index < -0.39 is 17.7 Å². The fourth-order valence-electron chi connectivity index (χ4n) is 2.76. The van der Waals surface area contributed by atoms with Gasteiger partial charge < -0.3 is 19.1 Å². The van der Waals surface area contributed by atoms with Gasteiger partial charge in [-0.15, -0.1) is 0 Å². The maximum absolute atomic E-state index is 12.1. The van der Waals surface area contributed by atoms with Gasteiger partial charge in [-0.1, -0.05) is 30.3 Å². The molecule has 2 saturated heterocycles. The molecule has 1 aromatic rings. The molecule has 2 aliphatic heterocycles. The van der Waals surface area contributed by atoms with Crippen molar-refractivity contribution in [3.63, 3.8) is 0 Å². The topological polar surface area (TPSA) is 65.1 Å². The third-order valence-corrected chi connectivity index (χ3v) is 3.95. The van der Waals surface area contributed by atoms with Crippen LogP contribution in [-0.2, 0) is 23.8 Å². The Hall–Kier alpha value is -2.60. The lowest BCUT2D eigenvalue weighted by Gasteiger charge is -2.31. The number of morpholine rings is 1. The summed E-state index contributed by atoms with van der Waals surface area (Å²) < 4.78 is 15.7. The van der Waals surface area contributed by atoms with Crippen LogP contribution in [0.3, 0.4) is 0 Å². The van der Waals surface area contributed by atoms with Gasteiger partial charge in [0.15, 0.2) is 0 Å². The number of carbonyl (C=O) groups excluding carboxylic acids is 2. The highest BCUT2D eigenvalue weighted by Gasteiger charge is 2.38. The normalized spacial score (nSPS) is 20.8. The average molecular weight is 343 g/mol. The molecule has 0 aliphatic carbocycles. The zero-order valence-corrected chi connectivity index (χ0v) is 14.4. The molecule has 2 heterocycles. The summed E-state index contributed by atoms with van der Waals surface area (Å²) >= 11 is 0. The lowest BCUT2D eigenvalue weighted by atomic mass is 10.1. The smallest absolute Gasteiger partial charge is 0.348 e. The summed E-state index contributed by atoms with van der Waals surface area (Å²) in [4.78, 5) is 26.3. The van der Waals surface area contributed by atoms with Gasteiger partial charge in [0.1, 0.15) is 5.57 Å². The standard InChI is InChI=1S/C19H21NO5/c1-19(2)24-17(21)15(18(22)25-19)8-9-16(14-6-4-3-5-7-14)20-10-12-23-13-11-20/h3-9H,10-13H2,1-2H3. The van der Waals surface area contributed by atoms with Gasteiger partial charge in [-0.25, -0.2) is 9.59 Å². The highest BCUT2D eigenvalue weighted by Crippen LogP contribution is 2.25. The molecule has 0 N–H and O–H groups in total.